The van der Waals surface area contributed by atoms with Gasteiger partial charge < -0.3 is 20.4 Å². The summed E-state index contributed by atoms with van der Waals surface area (Å²) in [5, 5.41) is 39.5. The van der Waals surface area contributed by atoms with Crippen LogP contribution < -0.4 is 0 Å². The highest BCUT2D eigenvalue weighted by Crippen LogP contribution is 2.79. The smallest absolute Gasteiger partial charge is 0.330 e. The van der Waals surface area contributed by atoms with Gasteiger partial charge in [-0.05, 0) is 63.2 Å². The summed E-state index contributed by atoms with van der Waals surface area (Å²) in [6, 6.07) is 0. The lowest BCUT2D eigenvalue weighted by Gasteiger charge is -2.54. The molecule has 6 nitrogen and oxygen atoms in total. The van der Waals surface area contributed by atoms with Crippen LogP contribution in [0.2, 0.25) is 0 Å². The maximum Gasteiger partial charge on any atom is 0.330 e. The first-order valence-electron chi connectivity index (χ1n) is 9.26. The van der Waals surface area contributed by atoms with Gasteiger partial charge in [-0.15, -0.1) is 0 Å². The fourth-order valence-electron chi connectivity index (χ4n) is 6.60. The molecule has 3 fully saturated rings. The molecule has 0 heterocycles. The van der Waals surface area contributed by atoms with Gasteiger partial charge in [0.15, 0.2) is 0 Å². The molecule has 3 rings (SSSR count). The number of carboxylic acids is 2. The van der Waals surface area contributed by atoms with Crippen LogP contribution in [0, 0.1) is 28.1 Å². The van der Waals surface area contributed by atoms with E-state index in [0.717, 1.165) is 25.7 Å². The van der Waals surface area contributed by atoms with E-state index in [1.54, 1.807) is 26.0 Å². The molecule has 144 valence electrons. The average molecular weight is 364 g/mol. The molecule has 0 aromatic rings. The molecule has 3 aliphatic carbocycles. The van der Waals surface area contributed by atoms with Crippen LogP contribution in [0.25, 0.3) is 0 Å². The van der Waals surface area contributed by atoms with E-state index in [1.807, 2.05) is 0 Å². The van der Waals surface area contributed by atoms with Crippen LogP contribution >= 0.6 is 0 Å². The van der Waals surface area contributed by atoms with E-state index in [0.29, 0.717) is 12.3 Å². The number of aliphatic hydroxyl groups is 2. The van der Waals surface area contributed by atoms with Crippen molar-refractivity contribution < 1.29 is 30.0 Å². The molecular weight excluding hydrogens is 336 g/mol. The average Bonchev–Trinajstić information content (AvgIpc) is 3.22. The van der Waals surface area contributed by atoms with E-state index in [4.69, 9.17) is 0 Å². The molecule has 26 heavy (non-hydrogen) atoms. The fourth-order valence-corrected chi connectivity index (χ4v) is 6.60. The summed E-state index contributed by atoms with van der Waals surface area (Å²) in [5.74, 6) is -1.49. The van der Waals surface area contributed by atoms with Gasteiger partial charge in [-0.25, -0.2) is 9.59 Å². The number of hydrogen-bond acceptors (Lipinski definition) is 4. The van der Waals surface area contributed by atoms with Crippen molar-refractivity contribution in [2.45, 2.75) is 46.0 Å². The van der Waals surface area contributed by atoms with Crippen LogP contribution in [0.3, 0.4) is 0 Å². The minimum Gasteiger partial charge on any atom is -0.478 e. The SMILES string of the molecule is CC(=CC12CCC(C1)C1CCC(CO)(CO)C12C=C(C)C(=O)O)C(=O)O. The van der Waals surface area contributed by atoms with Crippen molar-refractivity contribution in [2.24, 2.45) is 28.1 Å². The Bertz CT molecular complexity index is 688. The molecule has 4 atom stereocenters. The zero-order valence-corrected chi connectivity index (χ0v) is 15.4. The predicted molar refractivity (Wildman–Crippen MR) is 94.3 cm³/mol. The number of aliphatic hydroxyl groups excluding tert-OH is 2. The summed E-state index contributed by atoms with van der Waals surface area (Å²) in [5.41, 5.74) is -1.67. The van der Waals surface area contributed by atoms with Crippen LogP contribution in [-0.4, -0.2) is 45.6 Å². The predicted octanol–water partition coefficient (Wildman–Crippen LogP) is 2.22. The summed E-state index contributed by atoms with van der Waals surface area (Å²) in [7, 11) is 0. The topological polar surface area (TPSA) is 115 Å². The zero-order valence-electron chi connectivity index (χ0n) is 15.4. The second-order valence-electron chi connectivity index (χ2n) is 8.53. The fraction of sp³-hybridized carbons (Fsp3) is 0.700. The molecule has 3 aliphatic rings. The van der Waals surface area contributed by atoms with E-state index in [2.05, 4.69) is 0 Å². The van der Waals surface area contributed by atoms with Gasteiger partial charge in [0.25, 0.3) is 0 Å². The number of fused-ring (bicyclic) bond motifs is 5. The highest BCUT2D eigenvalue weighted by Gasteiger charge is 2.74. The lowest BCUT2D eigenvalue weighted by molar-refractivity contribution is -0.134. The van der Waals surface area contributed by atoms with Crippen LogP contribution in [0.1, 0.15) is 46.0 Å². The number of carboxylic acid groups (broad SMARTS) is 2. The van der Waals surface area contributed by atoms with Gasteiger partial charge in [0.05, 0.1) is 13.2 Å². The van der Waals surface area contributed by atoms with Gasteiger partial charge in [-0.1, -0.05) is 12.2 Å². The Morgan fingerprint density at radius 1 is 0.962 bits per heavy atom. The Morgan fingerprint density at radius 2 is 1.54 bits per heavy atom. The standard InChI is InChI=1S/C20H28O6/c1-12(16(23)24)7-18-5-3-14(9-18)15-4-6-19(10-21,11-22)20(15,18)8-13(2)17(25)26/h7-8,14-15,21-22H,3-6,9-11H2,1-2H3,(H,23,24)(H,25,26). The number of allylic oxidation sites excluding steroid dienone is 2. The molecule has 4 unspecified atom stereocenters. The van der Waals surface area contributed by atoms with Crippen molar-refractivity contribution in [3.8, 4) is 0 Å². The maximum absolute atomic E-state index is 11.6. The highest BCUT2D eigenvalue weighted by molar-refractivity contribution is 5.87. The van der Waals surface area contributed by atoms with Crippen molar-refractivity contribution in [1.29, 1.82) is 0 Å². The van der Waals surface area contributed by atoms with Crippen molar-refractivity contribution >= 4 is 11.9 Å². The summed E-state index contributed by atoms with van der Waals surface area (Å²) in [4.78, 5) is 23.1. The Balaban J connectivity index is 2.29. The van der Waals surface area contributed by atoms with Crippen LogP contribution in [0.4, 0.5) is 0 Å². The minimum absolute atomic E-state index is 0.155. The van der Waals surface area contributed by atoms with Gasteiger partial charge in [0, 0.05) is 22.0 Å². The van der Waals surface area contributed by atoms with Crippen LogP contribution in [0.5, 0.6) is 0 Å². The molecule has 0 aromatic heterocycles. The summed E-state index contributed by atoms with van der Waals surface area (Å²) in [6.07, 6.45) is 7.50. The molecule has 0 radical (unpaired) electrons. The Labute approximate surface area is 153 Å². The van der Waals surface area contributed by atoms with Crippen molar-refractivity contribution in [3.05, 3.63) is 23.3 Å². The quantitative estimate of drug-likeness (QED) is 0.537. The summed E-state index contributed by atoms with van der Waals surface area (Å²) < 4.78 is 0. The van der Waals surface area contributed by atoms with Crippen molar-refractivity contribution in [1.82, 2.24) is 0 Å². The number of rotatable bonds is 6. The third-order valence-electron chi connectivity index (χ3n) is 7.59. The van der Waals surface area contributed by atoms with Gasteiger partial charge in [-0.2, -0.15) is 0 Å². The lowest BCUT2D eigenvalue weighted by Crippen LogP contribution is -2.53. The first-order valence-corrected chi connectivity index (χ1v) is 9.26. The Morgan fingerprint density at radius 3 is 2.08 bits per heavy atom. The van der Waals surface area contributed by atoms with Gasteiger partial charge in [0.1, 0.15) is 0 Å². The second kappa shape index (κ2) is 6.20. The van der Waals surface area contributed by atoms with Crippen LogP contribution in [0.15, 0.2) is 23.3 Å². The normalized spacial score (nSPS) is 38.5. The van der Waals surface area contributed by atoms with E-state index in [-0.39, 0.29) is 30.3 Å². The van der Waals surface area contributed by atoms with Crippen molar-refractivity contribution in [3.63, 3.8) is 0 Å². The van der Waals surface area contributed by atoms with E-state index in [1.165, 1.54) is 0 Å². The molecule has 0 aromatic carbocycles. The van der Waals surface area contributed by atoms with Crippen LogP contribution in [-0.2, 0) is 9.59 Å². The maximum atomic E-state index is 11.6. The third-order valence-corrected chi connectivity index (χ3v) is 7.59. The molecule has 0 saturated heterocycles. The number of carbonyl (C=O) groups is 2. The second-order valence-corrected chi connectivity index (χ2v) is 8.53. The van der Waals surface area contributed by atoms with E-state index in [9.17, 15) is 30.0 Å². The van der Waals surface area contributed by atoms with Gasteiger partial charge in [-0.3, -0.25) is 0 Å². The molecule has 0 aliphatic heterocycles. The highest BCUT2D eigenvalue weighted by atomic mass is 16.4. The number of hydrogen-bond donors (Lipinski definition) is 4. The summed E-state index contributed by atoms with van der Waals surface area (Å²) in [6.45, 7) is 2.63. The van der Waals surface area contributed by atoms with Crippen molar-refractivity contribution in [2.75, 3.05) is 13.2 Å². The number of aliphatic carboxylic acids is 2. The first kappa shape index (κ1) is 19.1. The third kappa shape index (κ3) is 2.24. The molecule has 3 saturated carbocycles. The summed E-state index contributed by atoms with van der Waals surface area (Å²) >= 11 is 0. The Hall–Kier alpha value is -1.66. The molecule has 0 amide bonds. The lowest BCUT2D eigenvalue weighted by atomic mass is 9.49. The van der Waals surface area contributed by atoms with E-state index < -0.39 is 28.2 Å². The molecule has 0 spiro atoms. The minimum atomic E-state index is -1.02. The molecular formula is C20H28O6. The molecule has 2 bridgehead atoms. The first-order chi connectivity index (χ1) is 12.2. The molecule has 6 heteroatoms. The largest absolute Gasteiger partial charge is 0.478 e. The Kier molecular flexibility index (Phi) is 4.56. The van der Waals surface area contributed by atoms with Gasteiger partial charge in [0.2, 0.25) is 0 Å². The zero-order chi connectivity index (χ0) is 19.3. The molecule has 4 N–H and O–H groups in total. The van der Waals surface area contributed by atoms with E-state index >= 15 is 0 Å². The monoisotopic (exact) mass is 364 g/mol. The van der Waals surface area contributed by atoms with Gasteiger partial charge >= 0.3 is 11.9 Å².